The summed E-state index contributed by atoms with van der Waals surface area (Å²) in [7, 11) is 0. The van der Waals surface area contributed by atoms with Crippen LogP contribution >= 0.6 is 46.1 Å². The number of carbonyl (C=O) groups is 1. The molecule has 0 spiro atoms. The number of aromatic nitrogens is 1. The lowest BCUT2D eigenvalue weighted by atomic mass is 10.1. The Morgan fingerprint density at radius 1 is 1.07 bits per heavy atom. The van der Waals surface area contributed by atoms with Gasteiger partial charge in [0.2, 0.25) is 0 Å². The molecule has 0 saturated carbocycles. The largest absolute Gasteiger partial charge is 0.451 e. The molecule has 0 atom stereocenters. The van der Waals surface area contributed by atoms with E-state index in [9.17, 15) is 4.79 Å². The number of hydrogen-bond donors (Lipinski definition) is 1. The van der Waals surface area contributed by atoms with Crippen LogP contribution < -0.4 is 5.32 Å². The molecule has 0 fully saturated rings. The number of fused-ring (bicyclic) bond motifs is 1. The van der Waals surface area contributed by atoms with Crippen LogP contribution in [0.1, 0.15) is 21.0 Å². The predicted molar refractivity (Wildman–Crippen MR) is 111 cm³/mol. The van der Waals surface area contributed by atoms with Crippen LogP contribution in [-0.2, 0) is 6.42 Å². The Hall–Kier alpha value is -2.05. The van der Waals surface area contributed by atoms with Crippen LogP contribution in [-0.4, -0.2) is 10.9 Å². The number of nitrogens with one attached hydrogen (secondary N) is 1. The van der Waals surface area contributed by atoms with Gasteiger partial charge in [0, 0.05) is 37.9 Å². The van der Waals surface area contributed by atoms with Gasteiger partial charge in [-0.05, 0) is 48.0 Å². The van der Waals surface area contributed by atoms with Gasteiger partial charge in [0.05, 0.1) is 0 Å². The molecule has 0 aliphatic rings. The summed E-state index contributed by atoms with van der Waals surface area (Å²) in [6.45, 7) is 0. The Morgan fingerprint density at radius 2 is 1.85 bits per heavy atom. The van der Waals surface area contributed by atoms with Gasteiger partial charge in [0.25, 0.3) is 5.91 Å². The number of carbonyl (C=O) groups excluding carboxylic acids is 1. The zero-order chi connectivity index (χ0) is 19.0. The fourth-order valence-electron chi connectivity index (χ4n) is 2.60. The second-order valence-corrected chi connectivity index (χ2v) is 8.19. The topological polar surface area (TPSA) is 55.1 Å². The van der Waals surface area contributed by atoms with Crippen LogP contribution in [0.3, 0.4) is 0 Å². The van der Waals surface area contributed by atoms with Crippen LogP contribution in [0.25, 0.3) is 11.0 Å². The highest BCUT2D eigenvalue weighted by Gasteiger charge is 2.15. The standard InChI is InChI=1S/C19H11Cl3N2O2S/c20-12-1-3-15(22)10(5-12)7-14-9-23-19(27-14)24-18(25)17-8-11-6-13(21)2-4-16(11)26-17/h1-6,8-9H,7H2,(H,23,24,25). The summed E-state index contributed by atoms with van der Waals surface area (Å²) < 4.78 is 5.56. The average Bonchev–Trinajstić information content (AvgIpc) is 3.24. The molecule has 0 aliphatic heterocycles. The van der Waals surface area contributed by atoms with Crippen LogP contribution in [0.5, 0.6) is 0 Å². The highest BCUT2D eigenvalue weighted by Crippen LogP contribution is 2.28. The molecule has 4 nitrogen and oxygen atoms in total. The number of nitrogens with zero attached hydrogens (tertiary/aromatic N) is 1. The van der Waals surface area contributed by atoms with Crippen molar-refractivity contribution >= 4 is 68.1 Å². The predicted octanol–water partition coefficient (Wildman–Crippen LogP) is 6.69. The van der Waals surface area contributed by atoms with E-state index in [-0.39, 0.29) is 11.7 Å². The highest BCUT2D eigenvalue weighted by molar-refractivity contribution is 7.15. The third kappa shape index (κ3) is 4.12. The minimum Gasteiger partial charge on any atom is -0.451 e. The normalized spacial score (nSPS) is 11.1. The van der Waals surface area contributed by atoms with Crippen molar-refractivity contribution in [1.82, 2.24) is 4.98 Å². The van der Waals surface area contributed by atoms with Gasteiger partial charge in [-0.25, -0.2) is 4.98 Å². The molecule has 0 unspecified atom stereocenters. The summed E-state index contributed by atoms with van der Waals surface area (Å²) in [4.78, 5) is 17.6. The van der Waals surface area contributed by atoms with Crippen molar-refractivity contribution in [2.45, 2.75) is 6.42 Å². The van der Waals surface area contributed by atoms with E-state index in [1.54, 1.807) is 42.6 Å². The maximum atomic E-state index is 12.4. The van der Waals surface area contributed by atoms with Crippen molar-refractivity contribution in [3.8, 4) is 0 Å². The van der Waals surface area contributed by atoms with E-state index in [2.05, 4.69) is 10.3 Å². The smallest absolute Gasteiger partial charge is 0.293 e. The summed E-state index contributed by atoms with van der Waals surface area (Å²) in [5.74, 6) is -0.175. The van der Waals surface area contributed by atoms with Gasteiger partial charge in [0.1, 0.15) is 5.58 Å². The van der Waals surface area contributed by atoms with Crippen LogP contribution in [0.2, 0.25) is 15.1 Å². The van der Waals surface area contributed by atoms with Crippen LogP contribution in [0.15, 0.2) is 53.1 Å². The Morgan fingerprint density at radius 3 is 2.70 bits per heavy atom. The molecule has 2 heterocycles. The molecular formula is C19H11Cl3N2O2S. The monoisotopic (exact) mass is 436 g/mol. The molecule has 1 amide bonds. The van der Waals surface area contributed by atoms with Gasteiger partial charge in [-0.3, -0.25) is 10.1 Å². The molecule has 4 rings (SSSR count). The molecule has 2 aromatic carbocycles. The number of halogens is 3. The first-order valence-electron chi connectivity index (χ1n) is 7.87. The summed E-state index contributed by atoms with van der Waals surface area (Å²) in [5, 5.41) is 5.84. The zero-order valence-corrected chi connectivity index (χ0v) is 16.7. The summed E-state index contributed by atoms with van der Waals surface area (Å²) in [6.07, 6.45) is 2.28. The second kappa shape index (κ2) is 7.52. The second-order valence-electron chi connectivity index (χ2n) is 5.79. The fourth-order valence-corrected chi connectivity index (χ4v) is 3.99. The minimum absolute atomic E-state index is 0.196. The Kier molecular flexibility index (Phi) is 5.10. The van der Waals surface area contributed by atoms with Gasteiger partial charge in [-0.2, -0.15) is 0 Å². The van der Waals surface area contributed by atoms with Crippen LogP contribution in [0, 0.1) is 0 Å². The van der Waals surface area contributed by atoms with E-state index >= 15 is 0 Å². The van der Waals surface area contributed by atoms with E-state index < -0.39 is 0 Å². The third-order valence-corrected chi connectivity index (χ3v) is 5.60. The van der Waals surface area contributed by atoms with Gasteiger partial charge < -0.3 is 4.42 Å². The Labute approximate surface area is 173 Å². The molecule has 0 bridgehead atoms. The number of thiazole rings is 1. The lowest BCUT2D eigenvalue weighted by Gasteiger charge is -2.02. The molecule has 27 heavy (non-hydrogen) atoms. The molecule has 0 saturated heterocycles. The van der Waals surface area contributed by atoms with E-state index in [4.69, 9.17) is 39.2 Å². The van der Waals surface area contributed by atoms with E-state index in [1.165, 1.54) is 11.3 Å². The van der Waals surface area contributed by atoms with E-state index in [0.717, 1.165) is 15.8 Å². The maximum absolute atomic E-state index is 12.4. The van der Waals surface area contributed by atoms with Gasteiger partial charge in [0.15, 0.2) is 10.9 Å². The average molecular weight is 438 g/mol. The number of hydrogen-bond acceptors (Lipinski definition) is 4. The highest BCUT2D eigenvalue weighted by atomic mass is 35.5. The van der Waals surface area contributed by atoms with Gasteiger partial charge in [-0.15, -0.1) is 11.3 Å². The fraction of sp³-hybridized carbons (Fsp3) is 0.0526. The molecule has 4 aromatic rings. The Bertz CT molecular complexity index is 1150. The number of rotatable bonds is 4. The quantitative estimate of drug-likeness (QED) is 0.387. The number of furan rings is 1. The summed E-state index contributed by atoms with van der Waals surface area (Å²) in [5.41, 5.74) is 1.50. The lowest BCUT2D eigenvalue weighted by molar-refractivity contribution is 0.0998. The molecule has 136 valence electrons. The first kappa shape index (κ1) is 18.3. The van der Waals surface area contributed by atoms with Gasteiger partial charge in [-0.1, -0.05) is 34.8 Å². The molecule has 1 N–H and O–H groups in total. The van der Waals surface area contributed by atoms with E-state index in [1.807, 2.05) is 6.07 Å². The maximum Gasteiger partial charge on any atom is 0.293 e. The van der Waals surface area contributed by atoms with Crippen molar-refractivity contribution < 1.29 is 9.21 Å². The number of anilines is 1. The Balaban J connectivity index is 1.49. The molecule has 0 radical (unpaired) electrons. The third-order valence-electron chi connectivity index (χ3n) is 3.85. The molecular weight excluding hydrogens is 427 g/mol. The zero-order valence-electron chi connectivity index (χ0n) is 13.6. The van der Waals surface area contributed by atoms with Crippen molar-refractivity contribution in [3.63, 3.8) is 0 Å². The van der Waals surface area contributed by atoms with Crippen molar-refractivity contribution in [1.29, 1.82) is 0 Å². The van der Waals surface area contributed by atoms with Crippen molar-refractivity contribution in [2.75, 3.05) is 5.32 Å². The molecule has 8 heteroatoms. The molecule has 0 aliphatic carbocycles. The van der Waals surface area contributed by atoms with Crippen LogP contribution in [0.4, 0.5) is 5.13 Å². The number of amides is 1. The number of benzene rings is 2. The van der Waals surface area contributed by atoms with Crippen molar-refractivity contribution in [3.05, 3.63) is 79.9 Å². The van der Waals surface area contributed by atoms with E-state index in [0.29, 0.717) is 32.2 Å². The first-order valence-corrected chi connectivity index (χ1v) is 9.82. The summed E-state index contributed by atoms with van der Waals surface area (Å²) in [6, 6.07) is 12.2. The minimum atomic E-state index is -0.371. The van der Waals surface area contributed by atoms with Crippen molar-refractivity contribution in [2.24, 2.45) is 0 Å². The van der Waals surface area contributed by atoms with Gasteiger partial charge >= 0.3 is 0 Å². The molecule has 2 aromatic heterocycles. The summed E-state index contributed by atoms with van der Waals surface area (Å²) >= 11 is 19.5. The lowest BCUT2D eigenvalue weighted by Crippen LogP contribution is -2.10. The SMILES string of the molecule is O=C(Nc1ncc(Cc2cc(Cl)ccc2Cl)s1)c1cc2cc(Cl)ccc2o1. The first-order chi connectivity index (χ1) is 13.0.